The molecule has 0 saturated heterocycles. The number of carbonyl (C=O) groups excluding carboxylic acids is 1. The smallest absolute Gasteiger partial charge is 0.251 e. The lowest BCUT2D eigenvalue weighted by atomic mass is 9.72. The standard InChI is InChI=1S/C21H32Br2N2O2/c1-14(2)25(15(3)4)21(10-8-20(5,27)9-11-21)13-24-19(26)16-6-7-17(22)18(23)12-16/h6-7,12,14-15,27H,8-11,13H2,1-5H3,(H,24,26). The van der Waals surface area contributed by atoms with E-state index < -0.39 is 5.60 Å². The fourth-order valence-corrected chi connectivity index (χ4v) is 5.08. The van der Waals surface area contributed by atoms with Gasteiger partial charge in [-0.2, -0.15) is 0 Å². The Hall–Kier alpha value is -0.430. The summed E-state index contributed by atoms with van der Waals surface area (Å²) in [5.41, 5.74) is -0.0973. The Morgan fingerprint density at radius 1 is 1.11 bits per heavy atom. The van der Waals surface area contributed by atoms with E-state index in [1.165, 1.54) is 0 Å². The van der Waals surface area contributed by atoms with Gasteiger partial charge < -0.3 is 10.4 Å². The zero-order chi connectivity index (χ0) is 20.4. The molecule has 4 nitrogen and oxygen atoms in total. The largest absolute Gasteiger partial charge is 0.390 e. The van der Waals surface area contributed by atoms with Crippen LogP contribution >= 0.6 is 31.9 Å². The number of carbonyl (C=O) groups is 1. The van der Waals surface area contributed by atoms with E-state index in [4.69, 9.17) is 0 Å². The normalized spacial score (nSPS) is 26.0. The van der Waals surface area contributed by atoms with E-state index in [1.54, 1.807) is 0 Å². The minimum atomic E-state index is -0.607. The number of hydrogen-bond donors (Lipinski definition) is 2. The van der Waals surface area contributed by atoms with E-state index in [1.807, 2.05) is 25.1 Å². The van der Waals surface area contributed by atoms with Crippen LogP contribution in [0.15, 0.2) is 27.1 Å². The highest BCUT2D eigenvalue weighted by Gasteiger charge is 2.45. The minimum Gasteiger partial charge on any atom is -0.390 e. The summed E-state index contributed by atoms with van der Waals surface area (Å²) in [7, 11) is 0. The number of halogens is 2. The molecule has 1 aromatic carbocycles. The molecule has 1 saturated carbocycles. The lowest BCUT2D eigenvalue weighted by Gasteiger charge is -2.53. The molecule has 152 valence electrons. The molecule has 1 fully saturated rings. The van der Waals surface area contributed by atoms with Gasteiger partial charge in [-0.05, 0) is 110 Å². The first kappa shape index (κ1) is 22.9. The van der Waals surface area contributed by atoms with Crippen molar-refractivity contribution in [1.82, 2.24) is 10.2 Å². The lowest BCUT2D eigenvalue weighted by Crippen LogP contribution is -2.63. The van der Waals surface area contributed by atoms with Gasteiger partial charge in [-0.3, -0.25) is 9.69 Å². The Labute approximate surface area is 180 Å². The molecule has 6 heteroatoms. The maximum absolute atomic E-state index is 12.8. The van der Waals surface area contributed by atoms with Crippen molar-refractivity contribution in [2.75, 3.05) is 6.54 Å². The summed E-state index contributed by atoms with van der Waals surface area (Å²) in [6, 6.07) is 6.27. The molecule has 0 aliphatic heterocycles. The number of nitrogens with one attached hydrogen (secondary N) is 1. The molecule has 27 heavy (non-hydrogen) atoms. The van der Waals surface area contributed by atoms with E-state index in [2.05, 4.69) is 69.8 Å². The summed E-state index contributed by atoms with van der Waals surface area (Å²) in [5.74, 6) is -0.0626. The number of rotatable bonds is 6. The molecule has 0 radical (unpaired) electrons. The van der Waals surface area contributed by atoms with Gasteiger partial charge in [-0.25, -0.2) is 0 Å². The molecular weight excluding hydrogens is 472 g/mol. The van der Waals surface area contributed by atoms with Crippen LogP contribution in [0.3, 0.4) is 0 Å². The predicted molar refractivity (Wildman–Crippen MR) is 118 cm³/mol. The molecule has 1 amide bonds. The molecule has 0 aromatic heterocycles. The van der Waals surface area contributed by atoms with Gasteiger partial charge in [0.2, 0.25) is 0 Å². The summed E-state index contributed by atoms with van der Waals surface area (Å²) in [5, 5.41) is 13.6. The summed E-state index contributed by atoms with van der Waals surface area (Å²) in [6.07, 6.45) is 3.26. The number of aliphatic hydroxyl groups is 1. The molecule has 0 heterocycles. The topological polar surface area (TPSA) is 52.6 Å². The molecule has 1 aliphatic rings. The second-order valence-corrected chi connectivity index (χ2v) is 10.3. The van der Waals surface area contributed by atoms with Crippen molar-refractivity contribution >= 4 is 37.8 Å². The third-order valence-electron chi connectivity index (χ3n) is 5.68. The zero-order valence-corrected chi connectivity index (χ0v) is 20.2. The number of benzene rings is 1. The summed E-state index contributed by atoms with van der Waals surface area (Å²) < 4.78 is 1.79. The van der Waals surface area contributed by atoms with Crippen LogP contribution in [0.4, 0.5) is 0 Å². The second kappa shape index (κ2) is 8.93. The van der Waals surface area contributed by atoms with Crippen molar-refractivity contribution in [3.8, 4) is 0 Å². The van der Waals surface area contributed by atoms with Crippen LogP contribution < -0.4 is 5.32 Å². The molecule has 1 aliphatic carbocycles. The highest BCUT2D eigenvalue weighted by atomic mass is 79.9. The fraction of sp³-hybridized carbons (Fsp3) is 0.667. The SMILES string of the molecule is CC(C)N(C(C)C)C1(CNC(=O)c2ccc(Br)c(Br)c2)CCC(C)(O)CC1. The molecule has 0 bridgehead atoms. The minimum absolute atomic E-state index is 0.0626. The van der Waals surface area contributed by atoms with Gasteiger partial charge in [0.15, 0.2) is 0 Å². The average molecular weight is 504 g/mol. The van der Waals surface area contributed by atoms with Gasteiger partial charge in [-0.1, -0.05) is 0 Å². The zero-order valence-electron chi connectivity index (χ0n) is 17.0. The highest BCUT2D eigenvalue weighted by molar-refractivity contribution is 9.13. The first-order chi connectivity index (χ1) is 12.5. The van der Waals surface area contributed by atoms with E-state index >= 15 is 0 Å². The third-order valence-corrected chi connectivity index (χ3v) is 7.56. The first-order valence-electron chi connectivity index (χ1n) is 9.71. The number of amides is 1. The van der Waals surface area contributed by atoms with Crippen LogP contribution in [0.5, 0.6) is 0 Å². The Bertz CT molecular complexity index is 656. The van der Waals surface area contributed by atoms with Gasteiger partial charge in [0.05, 0.1) is 5.60 Å². The molecule has 0 unspecified atom stereocenters. The van der Waals surface area contributed by atoms with Gasteiger partial charge in [0, 0.05) is 38.7 Å². The maximum Gasteiger partial charge on any atom is 0.251 e. The van der Waals surface area contributed by atoms with Gasteiger partial charge >= 0.3 is 0 Å². The molecule has 2 N–H and O–H groups in total. The molecule has 0 spiro atoms. The highest BCUT2D eigenvalue weighted by Crippen LogP contribution is 2.40. The summed E-state index contributed by atoms with van der Waals surface area (Å²) in [4.78, 5) is 15.3. The Morgan fingerprint density at radius 3 is 2.15 bits per heavy atom. The summed E-state index contributed by atoms with van der Waals surface area (Å²) >= 11 is 6.90. The predicted octanol–water partition coefficient (Wildman–Crippen LogP) is 5.12. The van der Waals surface area contributed by atoms with Crippen molar-refractivity contribution in [3.63, 3.8) is 0 Å². The van der Waals surface area contributed by atoms with Gasteiger partial charge in [0.1, 0.15) is 0 Å². The van der Waals surface area contributed by atoms with Crippen molar-refractivity contribution in [3.05, 3.63) is 32.7 Å². The Morgan fingerprint density at radius 2 is 1.67 bits per heavy atom. The fourth-order valence-electron chi connectivity index (χ4n) is 4.46. The van der Waals surface area contributed by atoms with E-state index in [0.29, 0.717) is 24.2 Å². The van der Waals surface area contributed by atoms with Crippen LogP contribution in [0.25, 0.3) is 0 Å². The molecule has 2 rings (SSSR count). The van der Waals surface area contributed by atoms with Crippen LogP contribution in [0.2, 0.25) is 0 Å². The monoisotopic (exact) mass is 502 g/mol. The van der Waals surface area contributed by atoms with Gasteiger partial charge in [-0.15, -0.1) is 0 Å². The quantitative estimate of drug-likeness (QED) is 0.566. The van der Waals surface area contributed by atoms with Crippen LogP contribution in [0, 0.1) is 0 Å². The Kier molecular flexibility index (Phi) is 7.56. The van der Waals surface area contributed by atoms with E-state index in [9.17, 15) is 9.90 Å². The molecule has 0 atom stereocenters. The Balaban J connectivity index is 2.21. The average Bonchev–Trinajstić information content (AvgIpc) is 2.57. The van der Waals surface area contributed by atoms with Crippen LogP contribution in [-0.4, -0.2) is 45.7 Å². The van der Waals surface area contributed by atoms with Crippen molar-refractivity contribution < 1.29 is 9.90 Å². The first-order valence-corrected chi connectivity index (χ1v) is 11.3. The molecule has 1 aromatic rings. The number of nitrogens with zero attached hydrogens (tertiary/aromatic N) is 1. The van der Waals surface area contributed by atoms with E-state index in [0.717, 1.165) is 34.6 Å². The molecular formula is C21H32Br2N2O2. The van der Waals surface area contributed by atoms with Crippen LogP contribution in [0.1, 0.15) is 70.7 Å². The number of hydrogen-bond acceptors (Lipinski definition) is 3. The van der Waals surface area contributed by atoms with Crippen molar-refractivity contribution in [1.29, 1.82) is 0 Å². The van der Waals surface area contributed by atoms with Crippen LogP contribution in [-0.2, 0) is 0 Å². The van der Waals surface area contributed by atoms with Crippen molar-refractivity contribution in [2.24, 2.45) is 0 Å². The van der Waals surface area contributed by atoms with Crippen molar-refractivity contribution in [2.45, 2.75) is 83.5 Å². The third kappa shape index (κ3) is 5.55. The summed E-state index contributed by atoms with van der Waals surface area (Å²) in [6.45, 7) is 11.4. The lowest BCUT2D eigenvalue weighted by molar-refractivity contribution is -0.0645. The maximum atomic E-state index is 12.8. The van der Waals surface area contributed by atoms with E-state index in [-0.39, 0.29) is 11.4 Å². The van der Waals surface area contributed by atoms with Gasteiger partial charge in [0.25, 0.3) is 5.91 Å². The second-order valence-electron chi connectivity index (χ2n) is 8.63.